The van der Waals surface area contributed by atoms with Gasteiger partial charge in [0.2, 0.25) is 5.89 Å². The van der Waals surface area contributed by atoms with E-state index in [0.717, 1.165) is 0 Å². The first-order chi connectivity index (χ1) is 8.38. The minimum atomic E-state index is -2.85. The molecule has 0 amide bonds. The summed E-state index contributed by atoms with van der Waals surface area (Å²) in [7, 11) is 0. The summed E-state index contributed by atoms with van der Waals surface area (Å²) in [5.41, 5.74) is 0.183. The lowest BCUT2D eigenvalue weighted by Gasteiger charge is -1.94. The van der Waals surface area contributed by atoms with E-state index in [0.29, 0.717) is 0 Å². The lowest BCUT2D eigenvalue weighted by Crippen LogP contribution is -1.82. The molecular formula is C9H7F2N3O. The molecule has 2 aromatic heterocycles. The molecule has 2 rings (SSSR count). The molecule has 0 aliphatic rings. The van der Waals surface area contributed by atoms with Crippen molar-refractivity contribution >= 4 is 0 Å². The van der Waals surface area contributed by atoms with Gasteiger partial charge < -0.3 is 4.42 Å². The van der Waals surface area contributed by atoms with Gasteiger partial charge in [-0.3, -0.25) is 4.98 Å². The van der Waals surface area contributed by atoms with Gasteiger partial charge >= 0.3 is 6.43 Å². The molecule has 0 unspecified atom stereocenters. The minimum absolute atomic E-state index is 0.0974. The lowest BCUT2D eigenvalue weighted by molar-refractivity contribution is 0.116. The van der Waals surface area contributed by atoms with Crippen molar-refractivity contribution in [2.45, 2.75) is 13.3 Å². The summed E-state index contributed by atoms with van der Waals surface area (Å²) in [6.07, 6.45) is -1.66. The Kier molecular flexibility index (Phi) is 1.64. The van der Waals surface area contributed by atoms with Crippen LogP contribution in [0, 0.1) is 6.85 Å². The fourth-order valence-electron chi connectivity index (χ4n) is 0.960. The largest absolute Gasteiger partial charge is 0.415 e. The van der Waals surface area contributed by atoms with Crippen molar-refractivity contribution in [3.05, 3.63) is 29.9 Å². The van der Waals surface area contributed by atoms with Gasteiger partial charge in [0.15, 0.2) is 0 Å². The van der Waals surface area contributed by atoms with Crippen LogP contribution >= 0.6 is 0 Å². The number of alkyl halides is 2. The molecule has 0 saturated carbocycles. The minimum Gasteiger partial charge on any atom is -0.415 e. The average Bonchev–Trinajstić information content (AvgIpc) is 2.77. The Morgan fingerprint density at radius 3 is 2.80 bits per heavy atom. The van der Waals surface area contributed by atoms with E-state index in [4.69, 9.17) is 8.53 Å². The summed E-state index contributed by atoms with van der Waals surface area (Å²) < 4.78 is 50.6. The molecule has 0 saturated heterocycles. The Hall–Kier alpha value is -1.85. The van der Waals surface area contributed by atoms with Crippen LogP contribution in [0.15, 0.2) is 22.7 Å². The third-order valence-electron chi connectivity index (χ3n) is 1.64. The molecule has 0 aliphatic heterocycles. The van der Waals surface area contributed by atoms with Crippen LogP contribution < -0.4 is 0 Å². The quantitative estimate of drug-likeness (QED) is 0.770. The SMILES string of the molecule is [2H]C([2H])([2H])c1ccc(-c2nnc(C(F)F)o2)cn1. The molecule has 0 bridgehead atoms. The topological polar surface area (TPSA) is 51.8 Å². The Morgan fingerprint density at radius 1 is 1.40 bits per heavy atom. The van der Waals surface area contributed by atoms with E-state index in [1.807, 2.05) is 0 Å². The fraction of sp³-hybridized carbons (Fsp3) is 0.222. The normalized spacial score (nSPS) is 14.7. The molecular weight excluding hydrogens is 204 g/mol. The third kappa shape index (κ3) is 1.98. The van der Waals surface area contributed by atoms with Crippen molar-refractivity contribution in [1.82, 2.24) is 15.2 Å². The second kappa shape index (κ2) is 3.72. The lowest BCUT2D eigenvalue weighted by atomic mass is 10.2. The van der Waals surface area contributed by atoms with Crippen LogP contribution in [0.2, 0.25) is 0 Å². The van der Waals surface area contributed by atoms with E-state index in [-0.39, 0.29) is 17.1 Å². The molecule has 0 aliphatic carbocycles. The van der Waals surface area contributed by atoms with Gasteiger partial charge in [-0.05, 0) is 19.0 Å². The van der Waals surface area contributed by atoms with E-state index in [9.17, 15) is 8.78 Å². The summed E-state index contributed by atoms with van der Waals surface area (Å²) in [6.45, 7) is -2.32. The molecule has 0 atom stereocenters. The third-order valence-corrected chi connectivity index (χ3v) is 1.64. The van der Waals surface area contributed by atoms with Crippen molar-refractivity contribution in [1.29, 1.82) is 0 Å². The number of aromatic nitrogens is 3. The Labute approximate surface area is 88.2 Å². The van der Waals surface area contributed by atoms with Gasteiger partial charge in [-0.25, -0.2) is 0 Å². The number of pyridine rings is 1. The van der Waals surface area contributed by atoms with Crippen LogP contribution in [0.25, 0.3) is 11.5 Å². The average molecular weight is 214 g/mol. The zero-order valence-electron chi connectivity index (χ0n) is 10.3. The van der Waals surface area contributed by atoms with E-state index in [1.54, 1.807) is 0 Å². The zero-order valence-corrected chi connectivity index (χ0v) is 7.32. The zero-order chi connectivity index (χ0) is 13.3. The summed E-state index contributed by atoms with van der Waals surface area (Å²) in [6, 6.07) is 2.63. The number of halogens is 2. The monoisotopic (exact) mass is 214 g/mol. The standard InChI is InChI=1S/C9H7F2N3O/c1-5-2-3-6(4-12-5)8-13-14-9(15-8)7(10)11/h2-4,7H,1H3/i1D3. The molecule has 2 aromatic rings. The van der Waals surface area contributed by atoms with Gasteiger partial charge in [-0.15, -0.1) is 10.2 Å². The van der Waals surface area contributed by atoms with E-state index >= 15 is 0 Å². The first-order valence-electron chi connectivity index (χ1n) is 5.46. The summed E-state index contributed by atoms with van der Waals surface area (Å²) in [5.74, 6) is -0.917. The van der Waals surface area contributed by atoms with Crippen molar-refractivity contribution in [2.24, 2.45) is 0 Å². The van der Waals surface area contributed by atoms with Crippen molar-refractivity contribution < 1.29 is 17.3 Å². The van der Waals surface area contributed by atoms with Crippen molar-refractivity contribution in [2.75, 3.05) is 0 Å². The Balaban J connectivity index is 2.29. The molecule has 0 radical (unpaired) electrons. The molecule has 2 heterocycles. The molecule has 6 heteroatoms. The van der Waals surface area contributed by atoms with Crippen LogP contribution in [0.1, 0.15) is 22.1 Å². The molecule has 4 nitrogen and oxygen atoms in total. The number of rotatable bonds is 2. The number of hydrogen-bond donors (Lipinski definition) is 0. The molecule has 15 heavy (non-hydrogen) atoms. The number of hydrogen-bond acceptors (Lipinski definition) is 4. The maximum absolute atomic E-state index is 12.2. The van der Waals surface area contributed by atoms with Crippen LogP contribution in [-0.4, -0.2) is 15.2 Å². The van der Waals surface area contributed by atoms with Gasteiger partial charge in [0.05, 0.1) is 5.56 Å². The Bertz CT molecular complexity index is 539. The predicted molar refractivity (Wildman–Crippen MR) is 47.2 cm³/mol. The second-order valence-electron chi connectivity index (χ2n) is 2.68. The first-order valence-corrected chi connectivity index (χ1v) is 3.96. The van der Waals surface area contributed by atoms with E-state index < -0.39 is 19.2 Å². The maximum Gasteiger partial charge on any atom is 0.314 e. The highest BCUT2D eigenvalue weighted by molar-refractivity contribution is 5.50. The van der Waals surface area contributed by atoms with Crippen molar-refractivity contribution in [3.63, 3.8) is 0 Å². The molecule has 0 fully saturated rings. The van der Waals surface area contributed by atoms with E-state index in [1.165, 1.54) is 18.3 Å². The van der Waals surface area contributed by atoms with Gasteiger partial charge in [0, 0.05) is 16.0 Å². The molecule has 0 N–H and O–H groups in total. The van der Waals surface area contributed by atoms with Crippen LogP contribution in [0.5, 0.6) is 0 Å². The van der Waals surface area contributed by atoms with Gasteiger partial charge in [0.1, 0.15) is 0 Å². The predicted octanol–water partition coefficient (Wildman–Crippen LogP) is 2.38. The van der Waals surface area contributed by atoms with Crippen LogP contribution in [-0.2, 0) is 0 Å². The van der Waals surface area contributed by atoms with Crippen LogP contribution in [0.4, 0.5) is 8.78 Å². The summed E-state index contributed by atoms with van der Waals surface area (Å²) >= 11 is 0. The van der Waals surface area contributed by atoms with Crippen LogP contribution in [0.3, 0.4) is 0 Å². The summed E-state index contributed by atoms with van der Waals surface area (Å²) in [4.78, 5) is 3.70. The van der Waals surface area contributed by atoms with Crippen molar-refractivity contribution in [3.8, 4) is 11.5 Å². The smallest absolute Gasteiger partial charge is 0.314 e. The number of aryl methyl sites for hydroxylation is 1. The van der Waals surface area contributed by atoms with Gasteiger partial charge in [-0.2, -0.15) is 8.78 Å². The Morgan fingerprint density at radius 2 is 2.27 bits per heavy atom. The first kappa shape index (κ1) is 6.60. The maximum atomic E-state index is 12.2. The molecule has 0 spiro atoms. The van der Waals surface area contributed by atoms with Gasteiger partial charge in [-0.1, -0.05) is 0 Å². The van der Waals surface area contributed by atoms with E-state index in [2.05, 4.69) is 15.2 Å². The second-order valence-corrected chi connectivity index (χ2v) is 2.68. The molecule has 78 valence electrons. The van der Waals surface area contributed by atoms with Gasteiger partial charge in [0.25, 0.3) is 5.89 Å². The number of nitrogens with zero attached hydrogens (tertiary/aromatic N) is 3. The highest BCUT2D eigenvalue weighted by atomic mass is 19.3. The molecule has 0 aromatic carbocycles. The highest BCUT2D eigenvalue weighted by Gasteiger charge is 2.16. The highest BCUT2D eigenvalue weighted by Crippen LogP contribution is 2.22. The fourth-order valence-corrected chi connectivity index (χ4v) is 0.960. The summed E-state index contributed by atoms with van der Waals surface area (Å²) in [5, 5.41) is 6.58.